The average Bonchev–Trinajstić information content (AvgIpc) is 3.58. The van der Waals surface area contributed by atoms with Crippen molar-refractivity contribution in [1.29, 1.82) is 0 Å². The molecule has 0 aliphatic carbocycles. The number of nitrogens with one attached hydrogen (secondary N) is 2. The van der Waals surface area contributed by atoms with Crippen molar-refractivity contribution in [2.24, 2.45) is 0 Å². The number of fused-ring (bicyclic) bond motifs is 2. The fraction of sp³-hybridized carbons (Fsp3) is 0.161. The molecule has 1 aliphatic heterocycles. The van der Waals surface area contributed by atoms with E-state index < -0.39 is 21.7 Å². The summed E-state index contributed by atoms with van der Waals surface area (Å²) in [4.78, 5) is 17.7. The number of aromatic nitrogens is 1. The third-order valence-corrected chi connectivity index (χ3v) is 9.08. The van der Waals surface area contributed by atoms with Gasteiger partial charge in [-0.25, -0.2) is 17.2 Å². The Kier molecular flexibility index (Phi) is 7.10. The van der Waals surface area contributed by atoms with Crippen LogP contribution in [0, 0.1) is 11.6 Å². The minimum absolute atomic E-state index is 0.188. The van der Waals surface area contributed by atoms with Crippen LogP contribution in [-0.4, -0.2) is 39.7 Å². The van der Waals surface area contributed by atoms with Crippen LogP contribution in [-0.2, 0) is 16.4 Å². The van der Waals surface area contributed by atoms with E-state index in [9.17, 15) is 22.0 Å². The van der Waals surface area contributed by atoms with Crippen molar-refractivity contribution in [3.8, 4) is 22.5 Å². The molecule has 5 aromatic rings. The molecule has 1 amide bonds. The van der Waals surface area contributed by atoms with Gasteiger partial charge in [-0.15, -0.1) is 0 Å². The lowest BCUT2D eigenvalue weighted by atomic mass is 9.97. The first kappa shape index (κ1) is 28.6. The van der Waals surface area contributed by atoms with Crippen molar-refractivity contribution in [1.82, 2.24) is 10.3 Å². The zero-order valence-corrected chi connectivity index (χ0v) is 24.8. The topological polar surface area (TPSA) is 105 Å². The van der Waals surface area contributed by atoms with E-state index in [0.717, 1.165) is 10.6 Å². The molecule has 0 saturated carbocycles. The second-order valence-electron chi connectivity index (χ2n) is 10.2. The van der Waals surface area contributed by atoms with Crippen molar-refractivity contribution >= 4 is 49.9 Å². The van der Waals surface area contributed by atoms with Crippen molar-refractivity contribution in [3.63, 3.8) is 0 Å². The Morgan fingerprint density at radius 3 is 2.53 bits per heavy atom. The number of pyridine rings is 1. The van der Waals surface area contributed by atoms with Gasteiger partial charge in [-0.05, 0) is 48.5 Å². The van der Waals surface area contributed by atoms with E-state index in [0.29, 0.717) is 45.4 Å². The summed E-state index contributed by atoms with van der Waals surface area (Å²) in [6, 6.07) is 14.9. The molecular formula is C31H25ClF2N4O4S. The first-order valence-corrected chi connectivity index (χ1v) is 15.4. The molecule has 0 bridgehead atoms. The van der Waals surface area contributed by atoms with Gasteiger partial charge < -0.3 is 15.1 Å². The van der Waals surface area contributed by atoms with Crippen molar-refractivity contribution in [2.75, 3.05) is 30.0 Å². The highest BCUT2D eigenvalue weighted by Crippen LogP contribution is 2.44. The first-order chi connectivity index (χ1) is 20.5. The number of carbonyl (C=O) groups excluding carboxylic acids is 1. The number of furan rings is 1. The molecule has 0 saturated heterocycles. The third kappa shape index (κ3) is 5.08. The van der Waals surface area contributed by atoms with E-state index in [1.165, 1.54) is 56.7 Å². The maximum absolute atomic E-state index is 14.5. The van der Waals surface area contributed by atoms with Crippen LogP contribution in [0.15, 0.2) is 71.3 Å². The Bertz CT molecular complexity index is 2030. The number of carbonyl (C=O) groups is 1. The second-order valence-corrected chi connectivity index (χ2v) is 12.7. The standard InChI is InChI=1S/C31H25ClF2N4O4S/c1-35-31(39)29-21-11-19(18-12-25(36-15-22(18)32)26-13-20-23(34)5-4-6-24(20)37-26)27(38(2)43(3,40)41)14-28(21)42-30(29)16-7-9-17(33)10-8-16/h4-12,14-15,26,37H,13H2,1-3H3,(H,35,39). The van der Waals surface area contributed by atoms with Crippen LogP contribution in [0.1, 0.15) is 27.7 Å². The van der Waals surface area contributed by atoms with E-state index in [1.807, 2.05) is 0 Å². The Hall–Kier alpha value is -4.48. The summed E-state index contributed by atoms with van der Waals surface area (Å²) in [6.45, 7) is 0. The number of rotatable bonds is 6. The Balaban J connectivity index is 1.58. The number of halogens is 3. The summed E-state index contributed by atoms with van der Waals surface area (Å²) >= 11 is 6.69. The van der Waals surface area contributed by atoms with Gasteiger partial charge in [0.2, 0.25) is 10.0 Å². The van der Waals surface area contributed by atoms with Crippen LogP contribution in [0.3, 0.4) is 0 Å². The molecule has 2 N–H and O–H groups in total. The quantitative estimate of drug-likeness (QED) is 0.222. The molecule has 8 nitrogen and oxygen atoms in total. The van der Waals surface area contributed by atoms with Gasteiger partial charge in [0.15, 0.2) is 0 Å². The van der Waals surface area contributed by atoms with E-state index >= 15 is 0 Å². The predicted molar refractivity (Wildman–Crippen MR) is 163 cm³/mol. The minimum Gasteiger partial charge on any atom is -0.455 e. The Labute approximate surface area is 251 Å². The molecular weight excluding hydrogens is 598 g/mol. The van der Waals surface area contributed by atoms with E-state index in [-0.39, 0.29) is 39.5 Å². The summed E-state index contributed by atoms with van der Waals surface area (Å²) < 4.78 is 60.9. The number of hydrogen-bond acceptors (Lipinski definition) is 6. The van der Waals surface area contributed by atoms with Crippen molar-refractivity contribution in [3.05, 3.63) is 100 Å². The summed E-state index contributed by atoms with van der Waals surface area (Å²) in [7, 11) is -0.882. The number of nitrogens with zero attached hydrogens (tertiary/aromatic N) is 2. The van der Waals surface area contributed by atoms with Crippen LogP contribution in [0.25, 0.3) is 33.4 Å². The molecule has 1 aliphatic rings. The highest BCUT2D eigenvalue weighted by atomic mass is 35.5. The van der Waals surface area contributed by atoms with E-state index in [4.69, 9.17) is 16.0 Å². The zero-order chi connectivity index (χ0) is 30.6. The minimum atomic E-state index is -3.76. The van der Waals surface area contributed by atoms with Gasteiger partial charge in [0.1, 0.15) is 23.0 Å². The molecule has 0 spiro atoms. The van der Waals surface area contributed by atoms with Crippen LogP contribution >= 0.6 is 11.6 Å². The lowest BCUT2D eigenvalue weighted by molar-refractivity contribution is 0.0964. The normalized spacial score (nSPS) is 14.4. The zero-order valence-electron chi connectivity index (χ0n) is 23.2. The summed E-state index contributed by atoms with van der Waals surface area (Å²) in [5.41, 5.74) is 3.75. The first-order valence-electron chi connectivity index (χ1n) is 13.2. The summed E-state index contributed by atoms with van der Waals surface area (Å²) in [5.74, 6) is -1.03. The van der Waals surface area contributed by atoms with Crippen molar-refractivity contribution < 1.29 is 26.4 Å². The van der Waals surface area contributed by atoms with Gasteiger partial charge >= 0.3 is 0 Å². The van der Waals surface area contributed by atoms with Gasteiger partial charge in [-0.3, -0.25) is 14.1 Å². The third-order valence-electron chi connectivity index (χ3n) is 7.58. The van der Waals surface area contributed by atoms with Gasteiger partial charge in [-0.2, -0.15) is 0 Å². The monoisotopic (exact) mass is 622 g/mol. The molecule has 0 radical (unpaired) electrons. The van der Waals surface area contributed by atoms with Gasteiger partial charge in [-0.1, -0.05) is 17.7 Å². The van der Waals surface area contributed by atoms with Gasteiger partial charge in [0.25, 0.3) is 5.91 Å². The lowest BCUT2D eigenvalue weighted by Gasteiger charge is -2.22. The van der Waals surface area contributed by atoms with E-state index in [2.05, 4.69) is 15.6 Å². The molecule has 0 fully saturated rings. The largest absolute Gasteiger partial charge is 0.455 e. The molecule has 1 atom stereocenters. The molecule has 3 aromatic carbocycles. The maximum atomic E-state index is 14.5. The van der Waals surface area contributed by atoms with Crippen LogP contribution in [0.2, 0.25) is 5.02 Å². The molecule has 220 valence electrons. The molecule has 2 aromatic heterocycles. The Morgan fingerprint density at radius 1 is 1.12 bits per heavy atom. The van der Waals surface area contributed by atoms with Crippen LogP contribution in [0.4, 0.5) is 20.2 Å². The highest BCUT2D eigenvalue weighted by Gasteiger charge is 2.29. The number of hydrogen-bond donors (Lipinski definition) is 2. The van der Waals surface area contributed by atoms with Crippen LogP contribution < -0.4 is 14.9 Å². The van der Waals surface area contributed by atoms with Crippen LogP contribution in [0.5, 0.6) is 0 Å². The fourth-order valence-corrected chi connectivity index (χ4v) is 6.03. The number of sulfonamides is 1. The smallest absolute Gasteiger partial charge is 0.255 e. The molecule has 3 heterocycles. The molecule has 43 heavy (non-hydrogen) atoms. The van der Waals surface area contributed by atoms with Gasteiger partial charge in [0, 0.05) is 66.1 Å². The summed E-state index contributed by atoms with van der Waals surface area (Å²) in [5, 5.41) is 6.53. The molecule has 1 unspecified atom stereocenters. The SMILES string of the molecule is CNC(=O)c1c(-c2ccc(F)cc2)oc2cc(N(C)S(C)(=O)=O)c(-c3cc(C4Cc5c(F)cccc5N4)ncc3Cl)cc12. The fourth-order valence-electron chi connectivity index (χ4n) is 5.32. The molecule has 6 rings (SSSR count). The number of benzene rings is 3. The predicted octanol–water partition coefficient (Wildman–Crippen LogP) is 6.56. The average molecular weight is 623 g/mol. The van der Waals surface area contributed by atoms with Gasteiger partial charge in [0.05, 0.1) is 34.3 Å². The van der Waals surface area contributed by atoms with Crippen molar-refractivity contribution in [2.45, 2.75) is 12.5 Å². The second kappa shape index (κ2) is 10.7. The molecule has 12 heteroatoms. The lowest BCUT2D eigenvalue weighted by Crippen LogP contribution is -2.25. The Morgan fingerprint density at radius 2 is 1.86 bits per heavy atom. The summed E-state index contributed by atoms with van der Waals surface area (Å²) in [6.07, 6.45) is 2.88. The van der Waals surface area contributed by atoms with E-state index in [1.54, 1.807) is 24.3 Å². The maximum Gasteiger partial charge on any atom is 0.255 e. The number of anilines is 2. The highest BCUT2D eigenvalue weighted by molar-refractivity contribution is 7.92. The number of amides is 1.